The summed E-state index contributed by atoms with van der Waals surface area (Å²) in [6.07, 6.45) is 3.62. The van der Waals surface area contributed by atoms with Gasteiger partial charge in [-0.25, -0.2) is 0 Å². The number of hydrogen-bond acceptors (Lipinski definition) is 4. The van der Waals surface area contributed by atoms with Crippen molar-refractivity contribution in [2.45, 2.75) is 29.1 Å². The molecule has 4 nitrogen and oxygen atoms in total. The fourth-order valence-electron chi connectivity index (χ4n) is 3.45. The predicted molar refractivity (Wildman–Crippen MR) is 113 cm³/mol. The van der Waals surface area contributed by atoms with Gasteiger partial charge < -0.3 is 10.6 Å². The summed E-state index contributed by atoms with van der Waals surface area (Å²) in [6.45, 7) is 3.59. The second kappa shape index (κ2) is 10.5. The minimum atomic E-state index is 0.0739. The molecule has 27 heavy (non-hydrogen) atoms. The highest BCUT2D eigenvalue weighted by atomic mass is 32.2. The Hall–Kier alpha value is -1.82. The van der Waals surface area contributed by atoms with Gasteiger partial charge in [0.1, 0.15) is 0 Å². The number of nitrogens with zero attached hydrogens (tertiary/aromatic N) is 1. The molecule has 0 aromatic heterocycles. The van der Waals surface area contributed by atoms with E-state index < -0.39 is 0 Å². The standard InChI is InChI=1S/C22H29N3OS/c1-23-14-11-18-12-15-25(16-13-18)17-22(26)24-20-9-5-6-10-21(20)27-19-7-3-2-4-8-19/h2-10,18,23H,11-17H2,1H3,(H,24,26). The first-order valence-corrected chi connectivity index (χ1v) is 10.5. The van der Waals surface area contributed by atoms with Crippen LogP contribution < -0.4 is 10.6 Å². The van der Waals surface area contributed by atoms with E-state index in [1.54, 1.807) is 11.8 Å². The molecule has 1 aliphatic rings. The first-order chi connectivity index (χ1) is 13.2. The molecule has 0 aliphatic carbocycles. The lowest BCUT2D eigenvalue weighted by Gasteiger charge is -2.31. The largest absolute Gasteiger partial charge is 0.324 e. The van der Waals surface area contributed by atoms with Gasteiger partial charge in [0.2, 0.25) is 5.91 Å². The fraction of sp³-hybridized carbons (Fsp3) is 0.409. The van der Waals surface area contributed by atoms with Gasteiger partial charge in [-0.05, 0) is 76.1 Å². The molecule has 5 heteroatoms. The van der Waals surface area contributed by atoms with Gasteiger partial charge in [-0.15, -0.1) is 0 Å². The third-order valence-corrected chi connectivity index (χ3v) is 6.09. The maximum Gasteiger partial charge on any atom is 0.238 e. The lowest BCUT2D eigenvalue weighted by atomic mass is 9.93. The first-order valence-electron chi connectivity index (χ1n) is 9.73. The van der Waals surface area contributed by atoms with Crippen molar-refractivity contribution < 1.29 is 4.79 Å². The Morgan fingerprint density at radius 1 is 1.07 bits per heavy atom. The van der Waals surface area contributed by atoms with E-state index >= 15 is 0 Å². The van der Waals surface area contributed by atoms with Crippen molar-refractivity contribution >= 4 is 23.4 Å². The summed E-state index contributed by atoms with van der Waals surface area (Å²) in [5.41, 5.74) is 0.889. The van der Waals surface area contributed by atoms with Crippen LogP contribution in [0, 0.1) is 5.92 Å². The number of rotatable bonds is 8. The maximum atomic E-state index is 12.6. The van der Waals surface area contributed by atoms with Crippen LogP contribution in [0.3, 0.4) is 0 Å². The Morgan fingerprint density at radius 2 is 1.78 bits per heavy atom. The normalized spacial score (nSPS) is 15.6. The van der Waals surface area contributed by atoms with E-state index in [0.717, 1.165) is 36.1 Å². The number of likely N-dealkylation sites (tertiary alicyclic amines) is 1. The molecule has 0 saturated carbocycles. The summed E-state index contributed by atoms with van der Waals surface area (Å²) in [5.74, 6) is 0.865. The molecule has 0 spiro atoms. The van der Waals surface area contributed by atoms with Gasteiger partial charge >= 0.3 is 0 Å². The Bertz CT molecular complexity index is 715. The van der Waals surface area contributed by atoms with Crippen LogP contribution in [-0.4, -0.2) is 44.0 Å². The average Bonchev–Trinajstić information content (AvgIpc) is 2.70. The molecular weight excluding hydrogens is 354 g/mol. The quantitative estimate of drug-likeness (QED) is 0.720. The van der Waals surface area contributed by atoms with Crippen LogP contribution in [0.1, 0.15) is 19.3 Å². The summed E-state index contributed by atoms with van der Waals surface area (Å²) in [5, 5.41) is 6.34. The van der Waals surface area contributed by atoms with Crippen molar-refractivity contribution in [1.82, 2.24) is 10.2 Å². The highest BCUT2D eigenvalue weighted by Gasteiger charge is 2.20. The van der Waals surface area contributed by atoms with E-state index in [0.29, 0.717) is 6.54 Å². The molecule has 1 saturated heterocycles. The molecule has 2 aromatic rings. The highest BCUT2D eigenvalue weighted by Crippen LogP contribution is 2.33. The first kappa shape index (κ1) is 19.9. The topological polar surface area (TPSA) is 44.4 Å². The minimum Gasteiger partial charge on any atom is -0.324 e. The molecule has 0 atom stereocenters. The zero-order valence-corrected chi connectivity index (χ0v) is 16.8. The summed E-state index contributed by atoms with van der Waals surface area (Å²) >= 11 is 1.68. The number of nitrogens with one attached hydrogen (secondary N) is 2. The van der Waals surface area contributed by atoms with Gasteiger partial charge in [-0.2, -0.15) is 0 Å². The molecule has 0 bridgehead atoms. The number of carbonyl (C=O) groups excluding carboxylic acids is 1. The molecule has 1 heterocycles. The maximum absolute atomic E-state index is 12.6. The number of carbonyl (C=O) groups is 1. The minimum absolute atomic E-state index is 0.0739. The van der Waals surface area contributed by atoms with E-state index in [1.165, 1.54) is 24.2 Å². The van der Waals surface area contributed by atoms with Crippen molar-refractivity contribution in [2.24, 2.45) is 5.92 Å². The third-order valence-electron chi connectivity index (χ3n) is 5.01. The van der Waals surface area contributed by atoms with Crippen LogP contribution in [0.2, 0.25) is 0 Å². The molecule has 2 aromatic carbocycles. The zero-order chi connectivity index (χ0) is 18.9. The average molecular weight is 384 g/mol. The second-order valence-corrected chi connectivity index (χ2v) is 8.19. The van der Waals surface area contributed by atoms with Crippen molar-refractivity contribution in [2.75, 3.05) is 38.5 Å². The molecule has 1 aliphatic heterocycles. The molecule has 3 rings (SSSR count). The number of anilines is 1. The highest BCUT2D eigenvalue weighted by molar-refractivity contribution is 7.99. The van der Waals surface area contributed by atoms with Crippen LogP contribution >= 0.6 is 11.8 Å². The van der Waals surface area contributed by atoms with Gasteiger partial charge in [0.25, 0.3) is 0 Å². The Kier molecular flexibility index (Phi) is 7.75. The van der Waals surface area contributed by atoms with Crippen molar-refractivity contribution in [3.63, 3.8) is 0 Å². The smallest absolute Gasteiger partial charge is 0.238 e. The summed E-state index contributed by atoms with van der Waals surface area (Å²) in [6, 6.07) is 18.3. The van der Waals surface area contributed by atoms with Crippen molar-refractivity contribution in [3.05, 3.63) is 54.6 Å². The van der Waals surface area contributed by atoms with Crippen LogP contribution in [0.4, 0.5) is 5.69 Å². The SMILES string of the molecule is CNCCC1CCN(CC(=O)Nc2ccccc2Sc2ccccc2)CC1. The molecule has 2 N–H and O–H groups in total. The molecule has 144 valence electrons. The van der Waals surface area contributed by atoms with Crippen molar-refractivity contribution in [1.29, 1.82) is 0 Å². The van der Waals surface area contributed by atoms with E-state index in [4.69, 9.17) is 0 Å². The Morgan fingerprint density at radius 3 is 2.52 bits per heavy atom. The van der Waals surface area contributed by atoms with Gasteiger partial charge in [0.15, 0.2) is 0 Å². The summed E-state index contributed by atoms with van der Waals surface area (Å²) < 4.78 is 0. The monoisotopic (exact) mass is 383 g/mol. The molecule has 0 radical (unpaired) electrons. The lowest BCUT2D eigenvalue weighted by Crippen LogP contribution is -2.39. The fourth-order valence-corrected chi connectivity index (χ4v) is 4.37. The number of hydrogen-bond donors (Lipinski definition) is 2. The van der Waals surface area contributed by atoms with Gasteiger partial charge in [-0.1, -0.05) is 42.1 Å². The third kappa shape index (κ3) is 6.38. The van der Waals surface area contributed by atoms with E-state index in [2.05, 4.69) is 33.7 Å². The molecule has 0 unspecified atom stereocenters. The molecule has 1 amide bonds. The van der Waals surface area contributed by atoms with Gasteiger partial charge in [0, 0.05) is 9.79 Å². The number of benzene rings is 2. The number of piperidine rings is 1. The predicted octanol–water partition coefficient (Wildman–Crippen LogP) is 4.10. The number of para-hydroxylation sites is 1. The van der Waals surface area contributed by atoms with Gasteiger partial charge in [0.05, 0.1) is 12.2 Å². The van der Waals surface area contributed by atoms with Crippen LogP contribution in [-0.2, 0) is 4.79 Å². The Labute approximate surface area is 166 Å². The van der Waals surface area contributed by atoms with Gasteiger partial charge in [-0.3, -0.25) is 9.69 Å². The zero-order valence-electron chi connectivity index (χ0n) is 16.0. The Balaban J connectivity index is 1.51. The summed E-state index contributed by atoms with van der Waals surface area (Å²) in [7, 11) is 2.01. The number of amides is 1. The molecular formula is C22H29N3OS. The van der Waals surface area contributed by atoms with Crippen molar-refractivity contribution in [3.8, 4) is 0 Å². The van der Waals surface area contributed by atoms with E-state index in [-0.39, 0.29) is 5.91 Å². The van der Waals surface area contributed by atoms with Crippen LogP contribution in [0.15, 0.2) is 64.4 Å². The summed E-state index contributed by atoms with van der Waals surface area (Å²) in [4.78, 5) is 17.1. The van der Waals surface area contributed by atoms with E-state index in [9.17, 15) is 4.79 Å². The molecule has 1 fully saturated rings. The van der Waals surface area contributed by atoms with E-state index in [1.807, 2.05) is 43.4 Å². The van der Waals surface area contributed by atoms with Crippen LogP contribution in [0.5, 0.6) is 0 Å². The second-order valence-electron chi connectivity index (χ2n) is 7.07. The van der Waals surface area contributed by atoms with Crippen LogP contribution in [0.25, 0.3) is 0 Å². The lowest BCUT2D eigenvalue weighted by molar-refractivity contribution is -0.117.